The Balaban J connectivity index is 2.90. The van der Waals surface area contributed by atoms with Crippen LogP contribution in [0.15, 0.2) is 18.2 Å². The Bertz CT molecular complexity index is 545. The SMILES string of the molecule is C#CCN(CC(=O)O)C(=O)Cc1cc(C)ccc1OC. The molecule has 0 heterocycles. The molecule has 106 valence electrons. The number of benzene rings is 1. The molecular weight excluding hydrogens is 258 g/mol. The molecule has 1 aromatic rings. The van der Waals surface area contributed by atoms with E-state index >= 15 is 0 Å². The van der Waals surface area contributed by atoms with Gasteiger partial charge in [-0.25, -0.2) is 0 Å². The number of aryl methyl sites for hydroxylation is 1. The Morgan fingerprint density at radius 2 is 2.15 bits per heavy atom. The van der Waals surface area contributed by atoms with Gasteiger partial charge >= 0.3 is 5.97 Å². The number of nitrogens with zero attached hydrogens (tertiary/aromatic N) is 1. The first-order valence-electron chi connectivity index (χ1n) is 6.04. The molecule has 1 amide bonds. The highest BCUT2D eigenvalue weighted by Gasteiger charge is 2.18. The van der Waals surface area contributed by atoms with Crippen molar-refractivity contribution in [3.63, 3.8) is 0 Å². The smallest absolute Gasteiger partial charge is 0.323 e. The van der Waals surface area contributed by atoms with Crippen LogP contribution < -0.4 is 4.74 Å². The van der Waals surface area contributed by atoms with E-state index in [1.807, 2.05) is 19.1 Å². The molecule has 0 aliphatic heterocycles. The van der Waals surface area contributed by atoms with Gasteiger partial charge in [0.05, 0.1) is 20.1 Å². The second-order valence-electron chi connectivity index (χ2n) is 4.34. The lowest BCUT2D eigenvalue weighted by atomic mass is 10.1. The van der Waals surface area contributed by atoms with Gasteiger partial charge in [0.15, 0.2) is 0 Å². The lowest BCUT2D eigenvalue weighted by Gasteiger charge is -2.18. The van der Waals surface area contributed by atoms with Gasteiger partial charge in [0.2, 0.25) is 5.91 Å². The van der Waals surface area contributed by atoms with Gasteiger partial charge in [-0.2, -0.15) is 0 Å². The minimum absolute atomic E-state index is 0.0285. The standard InChI is InChI=1S/C15H17NO4/c1-4-7-16(10-15(18)19)14(17)9-12-8-11(2)5-6-13(12)20-3/h1,5-6,8H,7,9-10H2,2-3H3,(H,18,19). The Labute approximate surface area is 118 Å². The minimum Gasteiger partial charge on any atom is -0.496 e. The van der Waals surface area contributed by atoms with E-state index in [1.54, 1.807) is 6.07 Å². The largest absolute Gasteiger partial charge is 0.496 e. The average Bonchev–Trinajstić information content (AvgIpc) is 2.38. The summed E-state index contributed by atoms with van der Waals surface area (Å²) in [5.41, 5.74) is 1.71. The highest BCUT2D eigenvalue weighted by molar-refractivity contribution is 5.83. The Morgan fingerprint density at radius 1 is 1.45 bits per heavy atom. The zero-order valence-electron chi connectivity index (χ0n) is 11.5. The zero-order valence-corrected chi connectivity index (χ0v) is 11.5. The van der Waals surface area contributed by atoms with Gasteiger partial charge in [-0.3, -0.25) is 9.59 Å². The van der Waals surface area contributed by atoms with Crippen LogP contribution in [-0.4, -0.2) is 42.1 Å². The molecule has 0 bridgehead atoms. The van der Waals surface area contributed by atoms with E-state index in [1.165, 1.54) is 7.11 Å². The van der Waals surface area contributed by atoms with Crippen molar-refractivity contribution in [1.29, 1.82) is 0 Å². The molecule has 0 fully saturated rings. The fraction of sp³-hybridized carbons (Fsp3) is 0.333. The summed E-state index contributed by atoms with van der Waals surface area (Å²) in [6, 6.07) is 5.50. The van der Waals surface area contributed by atoms with Crippen LogP contribution in [0.4, 0.5) is 0 Å². The Morgan fingerprint density at radius 3 is 2.70 bits per heavy atom. The van der Waals surface area contributed by atoms with Gasteiger partial charge in [-0.15, -0.1) is 6.42 Å². The second kappa shape index (κ2) is 7.19. The highest BCUT2D eigenvalue weighted by Crippen LogP contribution is 2.20. The molecule has 5 heteroatoms. The van der Waals surface area contributed by atoms with E-state index in [9.17, 15) is 9.59 Å². The van der Waals surface area contributed by atoms with Crippen molar-refractivity contribution >= 4 is 11.9 Å². The van der Waals surface area contributed by atoms with Crippen molar-refractivity contribution in [3.05, 3.63) is 29.3 Å². The molecule has 1 N–H and O–H groups in total. The topological polar surface area (TPSA) is 66.8 Å². The number of hydrogen-bond acceptors (Lipinski definition) is 3. The summed E-state index contributed by atoms with van der Waals surface area (Å²) in [6.07, 6.45) is 5.21. The first-order chi connectivity index (χ1) is 9.47. The summed E-state index contributed by atoms with van der Waals surface area (Å²) in [7, 11) is 1.52. The van der Waals surface area contributed by atoms with Gasteiger partial charge in [-0.1, -0.05) is 23.6 Å². The summed E-state index contributed by atoms with van der Waals surface area (Å²) >= 11 is 0. The van der Waals surface area contributed by atoms with E-state index in [4.69, 9.17) is 16.3 Å². The summed E-state index contributed by atoms with van der Waals surface area (Å²) in [4.78, 5) is 24.0. The summed E-state index contributed by atoms with van der Waals surface area (Å²) in [5.74, 6) is 1.46. The maximum Gasteiger partial charge on any atom is 0.323 e. The van der Waals surface area contributed by atoms with Gasteiger partial charge in [0.25, 0.3) is 0 Å². The number of carboxylic acids is 1. The predicted octanol–water partition coefficient (Wildman–Crippen LogP) is 1.09. The first-order valence-corrected chi connectivity index (χ1v) is 6.04. The number of rotatable bonds is 6. The summed E-state index contributed by atoms with van der Waals surface area (Å²) in [6.45, 7) is 1.47. The fourth-order valence-electron chi connectivity index (χ4n) is 1.83. The Hall–Kier alpha value is -2.48. The zero-order chi connectivity index (χ0) is 15.1. The first kappa shape index (κ1) is 15.6. The third kappa shape index (κ3) is 4.32. The number of methoxy groups -OCH3 is 1. The van der Waals surface area contributed by atoms with Crippen LogP contribution in [0.3, 0.4) is 0 Å². The van der Waals surface area contributed by atoms with Crippen LogP contribution in [0, 0.1) is 19.3 Å². The molecule has 0 aromatic heterocycles. The van der Waals surface area contributed by atoms with Crippen LogP contribution in [0.1, 0.15) is 11.1 Å². The molecule has 0 spiro atoms. The fourth-order valence-corrected chi connectivity index (χ4v) is 1.83. The number of carbonyl (C=O) groups is 2. The second-order valence-corrected chi connectivity index (χ2v) is 4.34. The quantitative estimate of drug-likeness (QED) is 0.789. The van der Waals surface area contributed by atoms with Crippen LogP contribution >= 0.6 is 0 Å². The van der Waals surface area contributed by atoms with Crippen molar-refractivity contribution in [1.82, 2.24) is 4.90 Å². The molecule has 20 heavy (non-hydrogen) atoms. The molecule has 0 aliphatic rings. The van der Waals surface area contributed by atoms with Crippen LogP contribution in [0.2, 0.25) is 0 Å². The van der Waals surface area contributed by atoms with Gasteiger partial charge in [-0.05, 0) is 13.0 Å². The molecule has 0 atom stereocenters. The molecule has 0 saturated carbocycles. The molecule has 1 aromatic carbocycles. The van der Waals surface area contributed by atoms with E-state index in [-0.39, 0.29) is 18.9 Å². The van der Waals surface area contributed by atoms with Crippen LogP contribution in [0.25, 0.3) is 0 Å². The molecule has 0 radical (unpaired) electrons. The number of carbonyl (C=O) groups excluding carboxylic acids is 1. The number of hydrogen-bond donors (Lipinski definition) is 1. The minimum atomic E-state index is -1.09. The lowest BCUT2D eigenvalue weighted by Crippen LogP contribution is -2.37. The Kier molecular flexibility index (Phi) is 5.60. The molecule has 0 aliphatic carbocycles. The average molecular weight is 275 g/mol. The van der Waals surface area contributed by atoms with Crippen molar-refractivity contribution < 1.29 is 19.4 Å². The number of ether oxygens (including phenoxy) is 1. The van der Waals surface area contributed by atoms with E-state index in [2.05, 4.69) is 5.92 Å². The monoisotopic (exact) mass is 275 g/mol. The van der Waals surface area contributed by atoms with Crippen molar-refractivity contribution in [2.45, 2.75) is 13.3 Å². The van der Waals surface area contributed by atoms with Crippen molar-refractivity contribution in [2.24, 2.45) is 0 Å². The normalized spacial score (nSPS) is 9.65. The number of aliphatic carboxylic acids is 1. The maximum atomic E-state index is 12.1. The van der Waals surface area contributed by atoms with Gasteiger partial charge in [0.1, 0.15) is 12.3 Å². The predicted molar refractivity (Wildman–Crippen MR) is 74.5 cm³/mol. The lowest BCUT2D eigenvalue weighted by molar-refractivity contribution is -0.143. The third-order valence-corrected chi connectivity index (χ3v) is 2.74. The van der Waals surface area contributed by atoms with Crippen molar-refractivity contribution in [3.8, 4) is 18.1 Å². The molecule has 1 rings (SSSR count). The third-order valence-electron chi connectivity index (χ3n) is 2.74. The summed E-state index contributed by atoms with van der Waals surface area (Å²) < 4.78 is 5.19. The number of carboxylic acid groups (broad SMARTS) is 1. The van der Waals surface area contributed by atoms with E-state index in [0.29, 0.717) is 11.3 Å². The number of amides is 1. The van der Waals surface area contributed by atoms with Crippen molar-refractivity contribution in [2.75, 3.05) is 20.2 Å². The van der Waals surface area contributed by atoms with Crippen LogP contribution in [-0.2, 0) is 16.0 Å². The van der Waals surface area contributed by atoms with Crippen LogP contribution in [0.5, 0.6) is 5.75 Å². The number of terminal acetylenes is 1. The highest BCUT2D eigenvalue weighted by atomic mass is 16.5. The summed E-state index contributed by atoms with van der Waals surface area (Å²) in [5, 5.41) is 8.78. The molecule has 5 nitrogen and oxygen atoms in total. The molecule has 0 saturated heterocycles. The molecular formula is C15H17NO4. The maximum absolute atomic E-state index is 12.1. The van der Waals surface area contributed by atoms with Gasteiger partial charge in [0, 0.05) is 5.56 Å². The van der Waals surface area contributed by atoms with E-state index < -0.39 is 12.5 Å². The van der Waals surface area contributed by atoms with E-state index in [0.717, 1.165) is 10.5 Å². The molecule has 0 unspecified atom stereocenters. The van der Waals surface area contributed by atoms with Gasteiger partial charge < -0.3 is 14.7 Å².